The zero-order chi connectivity index (χ0) is 14.1. The van der Waals surface area contributed by atoms with Crippen molar-refractivity contribution in [2.45, 2.75) is 37.5 Å². The lowest BCUT2D eigenvalue weighted by molar-refractivity contribution is -0.138. The normalized spacial score (nSPS) is 32.1. The number of nitrogens with one attached hydrogen (secondary N) is 1. The van der Waals surface area contributed by atoms with Crippen molar-refractivity contribution in [2.75, 3.05) is 6.61 Å². The molecule has 1 aliphatic carbocycles. The average Bonchev–Trinajstić information content (AvgIpc) is 2.47. The zero-order valence-electron chi connectivity index (χ0n) is 11.2. The monoisotopic (exact) mass is 278 g/mol. The van der Waals surface area contributed by atoms with Crippen LogP contribution in [0.5, 0.6) is 0 Å². The van der Waals surface area contributed by atoms with Gasteiger partial charge in [0.15, 0.2) is 0 Å². The van der Waals surface area contributed by atoms with Crippen molar-refractivity contribution in [1.82, 2.24) is 5.32 Å². The minimum atomic E-state index is -0.298. The minimum absolute atomic E-state index is 0.0162. The fourth-order valence-electron chi connectivity index (χ4n) is 3.15. The smallest absolute Gasteiger partial charge is 0.224 e. The van der Waals surface area contributed by atoms with Gasteiger partial charge >= 0.3 is 0 Å². The number of ether oxygens (including phenoxy) is 1. The number of fused-ring (bicyclic) bond motifs is 1. The maximum Gasteiger partial charge on any atom is 0.224 e. The first-order valence-corrected chi connectivity index (χ1v) is 7.06. The Bertz CT molecular complexity index is 491. The molecule has 1 saturated heterocycles. The summed E-state index contributed by atoms with van der Waals surface area (Å²) in [5.74, 6) is -0.0156. The van der Waals surface area contributed by atoms with Crippen molar-refractivity contribution in [1.29, 1.82) is 0 Å². The van der Waals surface area contributed by atoms with Gasteiger partial charge in [0.1, 0.15) is 5.82 Å². The molecule has 1 saturated carbocycles. The van der Waals surface area contributed by atoms with Crippen molar-refractivity contribution >= 4 is 5.91 Å². The van der Waals surface area contributed by atoms with Gasteiger partial charge in [-0.1, -0.05) is 12.1 Å². The molecule has 1 heterocycles. The van der Waals surface area contributed by atoms with Crippen LogP contribution in [0.3, 0.4) is 0 Å². The Kier molecular flexibility index (Phi) is 3.72. The average molecular weight is 278 g/mol. The molecule has 1 aliphatic heterocycles. The van der Waals surface area contributed by atoms with E-state index in [9.17, 15) is 9.18 Å². The fourth-order valence-corrected chi connectivity index (χ4v) is 3.15. The summed E-state index contributed by atoms with van der Waals surface area (Å²) in [5, 5.41) is 2.95. The molecule has 4 atom stereocenters. The molecule has 3 rings (SSSR count). The Morgan fingerprint density at radius 1 is 1.40 bits per heavy atom. The van der Waals surface area contributed by atoms with Gasteiger partial charge in [-0.25, -0.2) is 4.39 Å². The molecule has 0 spiro atoms. The van der Waals surface area contributed by atoms with Crippen LogP contribution in [0.2, 0.25) is 0 Å². The summed E-state index contributed by atoms with van der Waals surface area (Å²) < 4.78 is 18.5. The third kappa shape index (κ3) is 2.55. The molecule has 3 N–H and O–H groups in total. The van der Waals surface area contributed by atoms with E-state index >= 15 is 0 Å². The second-order valence-electron chi connectivity index (χ2n) is 5.62. The van der Waals surface area contributed by atoms with E-state index in [1.54, 1.807) is 12.1 Å². The summed E-state index contributed by atoms with van der Waals surface area (Å²) in [7, 11) is 0. The van der Waals surface area contributed by atoms with Crippen molar-refractivity contribution in [2.24, 2.45) is 11.7 Å². The summed E-state index contributed by atoms with van der Waals surface area (Å²) in [5.41, 5.74) is 6.88. The SMILES string of the molecule is NC1C2CCCOC2C1NC(=O)Cc1ccc(F)cc1. The maximum atomic E-state index is 12.8. The van der Waals surface area contributed by atoms with Gasteiger partial charge in [-0.05, 0) is 30.5 Å². The third-order valence-corrected chi connectivity index (χ3v) is 4.28. The van der Waals surface area contributed by atoms with Gasteiger partial charge in [-0.15, -0.1) is 0 Å². The molecule has 1 aromatic carbocycles. The highest BCUT2D eigenvalue weighted by atomic mass is 19.1. The highest BCUT2D eigenvalue weighted by Crippen LogP contribution is 2.36. The number of hydrogen-bond donors (Lipinski definition) is 2. The Labute approximate surface area is 117 Å². The van der Waals surface area contributed by atoms with Gasteiger partial charge in [0.2, 0.25) is 5.91 Å². The number of carbonyl (C=O) groups excluding carboxylic acids is 1. The van der Waals surface area contributed by atoms with Gasteiger partial charge in [-0.3, -0.25) is 4.79 Å². The summed E-state index contributed by atoms with van der Waals surface area (Å²) in [6.45, 7) is 0.748. The lowest BCUT2D eigenvalue weighted by Crippen LogP contribution is -2.72. The Hall–Kier alpha value is -1.46. The van der Waals surface area contributed by atoms with Crippen LogP contribution in [0.25, 0.3) is 0 Å². The summed E-state index contributed by atoms with van der Waals surface area (Å²) in [6, 6.07) is 5.85. The molecular formula is C15H19FN2O2. The molecule has 0 bridgehead atoms. The van der Waals surface area contributed by atoms with E-state index in [2.05, 4.69) is 5.32 Å². The van der Waals surface area contributed by atoms with Crippen LogP contribution in [-0.4, -0.2) is 30.7 Å². The topological polar surface area (TPSA) is 64.3 Å². The number of nitrogens with two attached hydrogens (primary N) is 1. The van der Waals surface area contributed by atoms with E-state index in [1.807, 2.05) is 0 Å². The quantitative estimate of drug-likeness (QED) is 0.866. The fraction of sp³-hybridized carbons (Fsp3) is 0.533. The molecule has 2 aliphatic rings. The standard InChI is InChI=1S/C15H19FN2O2/c16-10-5-3-9(4-6-10)8-12(19)18-14-13(17)11-2-1-7-20-15(11)14/h3-6,11,13-15H,1-2,7-8,17H2,(H,18,19). The maximum absolute atomic E-state index is 12.8. The lowest BCUT2D eigenvalue weighted by atomic mass is 9.68. The predicted octanol–water partition coefficient (Wildman–Crippen LogP) is 0.989. The Morgan fingerprint density at radius 2 is 2.15 bits per heavy atom. The molecule has 20 heavy (non-hydrogen) atoms. The van der Waals surface area contributed by atoms with Crippen molar-refractivity contribution < 1.29 is 13.9 Å². The first-order valence-electron chi connectivity index (χ1n) is 7.06. The second kappa shape index (κ2) is 5.50. The van der Waals surface area contributed by atoms with Gasteiger partial charge in [-0.2, -0.15) is 0 Å². The number of hydrogen-bond acceptors (Lipinski definition) is 3. The number of carbonyl (C=O) groups is 1. The van der Waals surface area contributed by atoms with Crippen molar-refractivity contribution in [3.05, 3.63) is 35.6 Å². The molecular weight excluding hydrogens is 259 g/mol. The van der Waals surface area contributed by atoms with Gasteiger partial charge in [0, 0.05) is 18.6 Å². The van der Waals surface area contributed by atoms with Crippen LogP contribution in [0.15, 0.2) is 24.3 Å². The van der Waals surface area contributed by atoms with Crippen LogP contribution in [0.4, 0.5) is 4.39 Å². The Morgan fingerprint density at radius 3 is 2.90 bits per heavy atom. The molecule has 1 amide bonds. The number of amides is 1. The van der Waals surface area contributed by atoms with E-state index in [0.717, 1.165) is 25.0 Å². The van der Waals surface area contributed by atoms with Crippen molar-refractivity contribution in [3.63, 3.8) is 0 Å². The molecule has 5 heteroatoms. The third-order valence-electron chi connectivity index (χ3n) is 4.28. The van der Waals surface area contributed by atoms with Gasteiger partial charge < -0.3 is 15.8 Å². The van der Waals surface area contributed by atoms with Crippen LogP contribution in [0.1, 0.15) is 18.4 Å². The molecule has 4 nitrogen and oxygen atoms in total. The van der Waals surface area contributed by atoms with E-state index in [4.69, 9.17) is 10.5 Å². The summed E-state index contributed by atoms with van der Waals surface area (Å²) in [6.07, 6.45) is 2.43. The van der Waals surface area contributed by atoms with Crippen LogP contribution in [0, 0.1) is 11.7 Å². The first kappa shape index (κ1) is 13.5. The van der Waals surface area contributed by atoms with E-state index in [1.165, 1.54) is 12.1 Å². The molecule has 2 fully saturated rings. The molecule has 4 unspecified atom stereocenters. The largest absolute Gasteiger partial charge is 0.376 e. The predicted molar refractivity (Wildman–Crippen MR) is 72.5 cm³/mol. The van der Waals surface area contributed by atoms with Gasteiger partial charge in [0.05, 0.1) is 18.6 Å². The van der Waals surface area contributed by atoms with E-state index in [0.29, 0.717) is 5.92 Å². The lowest BCUT2D eigenvalue weighted by Gasteiger charge is -2.52. The van der Waals surface area contributed by atoms with Crippen LogP contribution >= 0.6 is 0 Å². The summed E-state index contributed by atoms with van der Waals surface area (Å²) >= 11 is 0. The highest BCUT2D eigenvalue weighted by molar-refractivity contribution is 5.79. The first-order chi connectivity index (χ1) is 9.65. The Balaban J connectivity index is 1.55. The second-order valence-corrected chi connectivity index (χ2v) is 5.62. The number of benzene rings is 1. The zero-order valence-corrected chi connectivity index (χ0v) is 11.2. The number of rotatable bonds is 3. The number of halogens is 1. The minimum Gasteiger partial charge on any atom is -0.376 e. The van der Waals surface area contributed by atoms with Crippen LogP contribution in [-0.2, 0) is 16.0 Å². The van der Waals surface area contributed by atoms with Crippen molar-refractivity contribution in [3.8, 4) is 0 Å². The molecule has 0 aromatic heterocycles. The summed E-state index contributed by atoms with van der Waals surface area (Å²) in [4.78, 5) is 12.0. The van der Waals surface area contributed by atoms with Crippen LogP contribution < -0.4 is 11.1 Å². The van der Waals surface area contributed by atoms with Gasteiger partial charge in [0.25, 0.3) is 0 Å². The highest BCUT2D eigenvalue weighted by Gasteiger charge is 2.50. The van der Waals surface area contributed by atoms with E-state index < -0.39 is 0 Å². The molecule has 108 valence electrons. The van der Waals surface area contributed by atoms with E-state index in [-0.39, 0.29) is 36.3 Å². The molecule has 1 aromatic rings. The molecule has 0 radical (unpaired) electrons.